The third-order valence-corrected chi connectivity index (χ3v) is 3.68. The van der Waals surface area contributed by atoms with Crippen LogP contribution in [0.15, 0.2) is 57.6 Å². The average Bonchev–Trinajstić information content (AvgIpc) is 2.81. The van der Waals surface area contributed by atoms with Gasteiger partial charge in [0.25, 0.3) is 0 Å². The number of para-hydroxylation sites is 1. The van der Waals surface area contributed by atoms with E-state index in [0.29, 0.717) is 10.9 Å². The van der Waals surface area contributed by atoms with Gasteiger partial charge >= 0.3 is 0 Å². The largest absolute Gasteiger partial charge is 0.464 e. The van der Waals surface area contributed by atoms with Gasteiger partial charge in [-0.3, -0.25) is 0 Å². The molecular weight excluding hydrogens is 323 g/mol. The second kappa shape index (κ2) is 5.38. The topological polar surface area (TPSA) is 33.4 Å². The van der Waals surface area contributed by atoms with Crippen LogP contribution in [0.25, 0.3) is 11.0 Å². The van der Waals surface area contributed by atoms with Crippen LogP contribution in [0.3, 0.4) is 0 Å². The summed E-state index contributed by atoms with van der Waals surface area (Å²) in [4.78, 5) is 0. The standard InChI is InChI=1S/C16H12BrFO2/c17-11-5-10(6-12(18)8-11)7-15(19)14-9-20-16-4-2-1-3-13(14)16/h1-6,8-9,15,19H,7H2. The van der Waals surface area contributed by atoms with Crippen LogP contribution in [-0.4, -0.2) is 5.11 Å². The SMILES string of the molecule is OC(Cc1cc(F)cc(Br)c1)c1coc2ccccc12. The molecule has 20 heavy (non-hydrogen) atoms. The Bertz CT molecular complexity index is 731. The quantitative estimate of drug-likeness (QED) is 0.758. The molecule has 3 rings (SSSR count). The van der Waals surface area contributed by atoms with E-state index in [1.54, 1.807) is 12.3 Å². The first kappa shape index (κ1) is 13.3. The van der Waals surface area contributed by atoms with Crippen molar-refractivity contribution in [2.75, 3.05) is 0 Å². The van der Waals surface area contributed by atoms with Gasteiger partial charge in [-0.1, -0.05) is 34.1 Å². The van der Waals surface area contributed by atoms with Crippen molar-refractivity contribution in [1.82, 2.24) is 0 Å². The summed E-state index contributed by atoms with van der Waals surface area (Å²) in [5.74, 6) is -0.321. The van der Waals surface area contributed by atoms with Crippen LogP contribution in [-0.2, 0) is 6.42 Å². The zero-order chi connectivity index (χ0) is 14.1. The molecule has 0 radical (unpaired) electrons. The van der Waals surface area contributed by atoms with E-state index in [-0.39, 0.29) is 5.82 Å². The average molecular weight is 335 g/mol. The summed E-state index contributed by atoms with van der Waals surface area (Å²) < 4.78 is 19.4. The fraction of sp³-hybridized carbons (Fsp3) is 0.125. The molecule has 0 aliphatic heterocycles. The highest BCUT2D eigenvalue weighted by Crippen LogP contribution is 2.29. The molecule has 0 saturated carbocycles. The number of hydrogen-bond acceptors (Lipinski definition) is 2. The molecular formula is C16H12BrFO2. The highest BCUT2D eigenvalue weighted by molar-refractivity contribution is 9.10. The summed E-state index contributed by atoms with van der Waals surface area (Å²) in [6.45, 7) is 0. The molecule has 1 atom stereocenters. The summed E-state index contributed by atoms with van der Waals surface area (Å²) >= 11 is 3.25. The molecule has 0 fully saturated rings. The highest BCUT2D eigenvalue weighted by Gasteiger charge is 2.15. The van der Waals surface area contributed by atoms with E-state index in [0.717, 1.165) is 22.1 Å². The summed E-state index contributed by atoms with van der Waals surface area (Å²) in [6.07, 6.45) is 1.16. The number of fused-ring (bicyclic) bond motifs is 1. The first-order valence-electron chi connectivity index (χ1n) is 6.22. The Labute approximate surface area is 124 Å². The molecule has 1 N–H and O–H groups in total. The second-order valence-electron chi connectivity index (χ2n) is 4.68. The van der Waals surface area contributed by atoms with Gasteiger partial charge in [0.05, 0.1) is 12.4 Å². The van der Waals surface area contributed by atoms with Gasteiger partial charge < -0.3 is 9.52 Å². The van der Waals surface area contributed by atoms with Crippen molar-refractivity contribution in [1.29, 1.82) is 0 Å². The number of aliphatic hydroxyl groups is 1. The monoisotopic (exact) mass is 334 g/mol. The molecule has 4 heteroatoms. The lowest BCUT2D eigenvalue weighted by Crippen LogP contribution is -2.01. The molecule has 0 saturated heterocycles. The van der Waals surface area contributed by atoms with Crippen molar-refractivity contribution >= 4 is 26.9 Å². The maximum atomic E-state index is 13.3. The third-order valence-electron chi connectivity index (χ3n) is 3.22. The molecule has 2 aromatic carbocycles. The fourth-order valence-electron chi connectivity index (χ4n) is 2.32. The molecule has 3 aromatic rings. The highest BCUT2D eigenvalue weighted by atomic mass is 79.9. The number of hydrogen-bond donors (Lipinski definition) is 1. The van der Waals surface area contributed by atoms with Crippen LogP contribution in [0.2, 0.25) is 0 Å². The lowest BCUT2D eigenvalue weighted by atomic mass is 10.0. The predicted octanol–water partition coefficient (Wildman–Crippen LogP) is 4.61. The lowest BCUT2D eigenvalue weighted by molar-refractivity contribution is 0.178. The van der Waals surface area contributed by atoms with Crippen molar-refractivity contribution < 1.29 is 13.9 Å². The van der Waals surface area contributed by atoms with Crippen molar-refractivity contribution in [2.45, 2.75) is 12.5 Å². The first-order valence-corrected chi connectivity index (χ1v) is 7.02. The molecule has 0 spiro atoms. The van der Waals surface area contributed by atoms with E-state index in [2.05, 4.69) is 15.9 Å². The van der Waals surface area contributed by atoms with Crippen LogP contribution in [0, 0.1) is 5.82 Å². The third kappa shape index (κ3) is 2.62. The minimum atomic E-state index is -0.729. The zero-order valence-electron chi connectivity index (χ0n) is 10.5. The van der Waals surface area contributed by atoms with E-state index in [4.69, 9.17) is 4.42 Å². The van der Waals surface area contributed by atoms with Crippen LogP contribution in [0.5, 0.6) is 0 Å². The minimum absolute atomic E-state index is 0.321. The van der Waals surface area contributed by atoms with E-state index in [9.17, 15) is 9.50 Å². The molecule has 1 unspecified atom stereocenters. The molecule has 1 heterocycles. The Morgan fingerprint density at radius 3 is 2.80 bits per heavy atom. The number of halogens is 2. The van der Waals surface area contributed by atoms with Gasteiger partial charge in [0, 0.05) is 21.8 Å². The van der Waals surface area contributed by atoms with Gasteiger partial charge in [0.1, 0.15) is 11.4 Å². The van der Waals surface area contributed by atoms with E-state index in [1.165, 1.54) is 12.1 Å². The number of furan rings is 1. The summed E-state index contributed by atoms with van der Waals surface area (Å²) in [6, 6.07) is 12.1. The van der Waals surface area contributed by atoms with E-state index < -0.39 is 6.10 Å². The molecule has 0 aliphatic rings. The van der Waals surface area contributed by atoms with Gasteiger partial charge in [0.2, 0.25) is 0 Å². The predicted molar refractivity (Wildman–Crippen MR) is 79.0 cm³/mol. The minimum Gasteiger partial charge on any atom is -0.464 e. The fourth-order valence-corrected chi connectivity index (χ4v) is 2.83. The lowest BCUT2D eigenvalue weighted by Gasteiger charge is -2.10. The first-order chi connectivity index (χ1) is 9.63. The van der Waals surface area contributed by atoms with Crippen molar-refractivity contribution in [3.05, 3.63) is 70.1 Å². The molecule has 102 valence electrons. The summed E-state index contributed by atoms with van der Waals surface area (Å²) in [5, 5.41) is 11.2. The maximum absolute atomic E-state index is 13.3. The van der Waals surface area contributed by atoms with Gasteiger partial charge in [-0.05, 0) is 29.8 Å². The Morgan fingerprint density at radius 1 is 1.20 bits per heavy atom. The maximum Gasteiger partial charge on any atom is 0.134 e. The van der Waals surface area contributed by atoms with Crippen LogP contribution in [0.4, 0.5) is 4.39 Å². The Balaban J connectivity index is 1.91. The van der Waals surface area contributed by atoms with Gasteiger partial charge in [0.15, 0.2) is 0 Å². The summed E-state index contributed by atoms with van der Waals surface area (Å²) in [5.41, 5.74) is 2.19. The molecule has 2 nitrogen and oxygen atoms in total. The van der Waals surface area contributed by atoms with Crippen LogP contribution in [0.1, 0.15) is 17.2 Å². The molecule has 0 bridgehead atoms. The Morgan fingerprint density at radius 2 is 2.00 bits per heavy atom. The smallest absolute Gasteiger partial charge is 0.134 e. The molecule has 0 amide bonds. The zero-order valence-corrected chi connectivity index (χ0v) is 12.1. The van der Waals surface area contributed by atoms with E-state index in [1.807, 2.05) is 24.3 Å². The normalized spacial score (nSPS) is 12.8. The number of aliphatic hydroxyl groups excluding tert-OH is 1. The van der Waals surface area contributed by atoms with Gasteiger partial charge in [-0.25, -0.2) is 4.39 Å². The van der Waals surface area contributed by atoms with Crippen LogP contribution < -0.4 is 0 Å². The number of benzene rings is 2. The van der Waals surface area contributed by atoms with Crippen molar-refractivity contribution in [3.63, 3.8) is 0 Å². The van der Waals surface area contributed by atoms with Crippen molar-refractivity contribution in [3.8, 4) is 0 Å². The van der Waals surface area contributed by atoms with Crippen molar-refractivity contribution in [2.24, 2.45) is 0 Å². The number of rotatable bonds is 3. The second-order valence-corrected chi connectivity index (χ2v) is 5.60. The van der Waals surface area contributed by atoms with Gasteiger partial charge in [-0.15, -0.1) is 0 Å². The molecule has 1 aromatic heterocycles. The Kier molecular flexibility index (Phi) is 3.59. The molecule has 0 aliphatic carbocycles. The summed E-state index contributed by atoms with van der Waals surface area (Å²) in [7, 11) is 0. The Hall–Kier alpha value is -1.65. The van der Waals surface area contributed by atoms with E-state index >= 15 is 0 Å². The van der Waals surface area contributed by atoms with Gasteiger partial charge in [-0.2, -0.15) is 0 Å². The van der Waals surface area contributed by atoms with Crippen LogP contribution >= 0.6 is 15.9 Å².